The normalized spacial score (nSPS) is 24.8. The number of nitrogens with one attached hydrogen (secondary N) is 1. The van der Waals surface area contributed by atoms with Gasteiger partial charge in [0.1, 0.15) is 0 Å². The van der Waals surface area contributed by atoms with Gasteiger partial charge in [-0.25, -0.2) is 4.79 Å². The smallest absolute Gasteiger partial charge is 0.318 e. The summed E-state index contributed by atoms with van der Waals surface area (Å²) >= 11 is 0. The first-order valence-electron chi connectivity index (χ1n) is 4.84. The number of urea groups is 1. The fraction of sp³-hybridized carbons (Fsp3) is 0.700. The van der Waals surface area contributed by atoms with Crippen molar-refractivity contribution in [1.82, 2.24) is 10.2 Å². The van der Waals surface area contributed by atoms with E-state index in [1.807, 2.05) is 13.8 Å². The van der Waals surface area contributed by atoms with Gasteiger partial charge < -0.3 is 15.3 Å². The predicted octanol–water partition coefficient (Wildman–Crippen LogP) is 0.727. The molecule has 0 saturated carbocycles. The zero-order chi connectivity index (χ0) is 10.8. The van der Waals surface area contributed by atoms with Crippen LogP contribution in [0.15, 0.2) is 12.7 Å². The quantitative estimate of drug-likeness (QED) is 0.643. The van der Waals surface area contributed by atoms with Gasteiger partial charge in [0.2, 0.25) is 0 Å². The Balaban J connectivity index is 2.60. The monoisotopic (exact) mass is 198 g/mol. The van der Waals surface area contributed by atoms with E-state index in [2.05, 4.69) is 11.9 Å². The molecule has 1 rings (SSSR count). The van der Waals surface area contributed by atoms with Crippen LogP contribution in [0.3, 0.4) is 0 Å². The molecule has 1 unspecified atom stereocenters. The van der Waals surface area contributed by atoms with Gasteiger partial charge in [0.15, 0.2) is 0 Å². The zero-order valence-electron chi connectivity index (χ0n) is 8.79. The fourth-order valence-corrected chi connectivity index (χ4v) is 1.69. The Kier molecular flexibility index (Phi) is 3.16. The minimum Gasteiger partial charge on any atom is -0.391 e. The van der Waals surface area contributed by atoms with Gasteiger partial charge in [-0.05, 0) is 20.3 Å². The van der Waals surface area contributed by atoms with E-state index < -0.39 is 11.6 Å². The van der Waals surface area contributed by atoms with E-state index in [1.54, 1.807) is 11.0 Å². The third kappa shape index (κ3) is 1.90. The predicted molar refractivity (Wildman–Crippen MR) is 55.0 cm³/mol. The van der Waals surface area contributed by atoms with Crippen molar-refractivity contribution in [3.63, 3.8) is 0 Å². The van der Waals surface area contributed by atoms with E-state index in [0.29, 0.717) is 19.5 Å². The lowest BCUT2D eigenvalue weighted by molar-refractivity contribution is 0.0700. The Bertz CT molecular complexity index is 238. The van der Waals surface area contributed by atoms with Crippen LogP contribution in [0.5, 0.6) is 0 Å². The highest BCUT2D eigenvalue weighted by Crippen LogP contribution is 2.28. The number of carbonyl (C=O) groups excluding carboxylic acids is 1. The lowest BCUT2D eigenvalue weighted by Crippen LogP contribution is -2.51. The molecule has 1 aliphatic heterocycles. The average molecular weight is 198 g/mol. The molecule has 0 aromatic carbocycles. The van der Waals surface area contributed by atoms with E-state index in [9.17, 15) is 9.90 Å². The highest BCUT2D eigenvalue weighted by Gasteiger charge is 2.42. The van der Waals surface area contributed by atoms with E-state index >= 15 is 0 Å². The molecular formula is C10H18N2O2. The molecule has 1 aliphatic rings. The van der Waals surface area contributed by atoms with Crippen LogP contribution < -0.4 is 5.32 Å². The topological polar surface area (TPSA) is 52.6 Å². The summed E-state index contributed by atoms with van der Waals surface area (Å²) in [5, 5.41) is 12.4. The summed E-state index contributed by atoms with van der Waals surface area (Å²) < 4.78 is 0. The molecule has 0 aliphatic carbocycles. The maximum atomic E-state index is 11.6. The Morgan fingerprint density at radius 1 is 1.79 bits per heavy atom. The van der Waals surface area contributed by atoms with Crippen molar-refractivity contribution in [3.8, 4) is 0 Å². The third-order valence-electron chi connectivity index (χ3n) is 2.78. The summed E-state index contributed by atoms with van der Waals surface area (Å²) in [5.41, 5.74) is -0.467. The number of amides is 2. The van der Waals surface area contributed by atoms with Crippen molar-refractivity contribution in [2.75, 3.05) is 13.1 Å². The molecule has 80 valence electrons. The lowest BCUT2D eigenvalue weighted by Gasteiger charge is -2.33. The molecule has 4 nitrogen and oxygen atoms in total. The van der Waals surface area contributed by atoms with Gasteiger partial charge in [-0.1, -0.05) is 6.08 Å². The van der Waals surface area contributed by atoms with Crippen molar-refractivity contribution >= 4 is 6.03 Å². The van der Waals surface area contributed by atoms with Crippen molar-refractivity contribution in [1.29, 1.82) is 0 Å². The van der Waals surface area contributed by atoms with Crippen LogP contribution in [0.1, 0.15) is 20.3 Å². The molecule has 0 spiro atoms. The van der Waals surface area contributed by atoms with Crippen molar-refractivity contribution in [2.45, 2.75) is 31.9 Å². The molecule has 2 N–H and O–H groups in total. The highest BCUT2D eigenvalue weighted by molar-refractivity contribution is 5.75. The van der Waals surface area contributed by atoms with Crippen LogP contribution in [0.25, 0.3) is 0 Å². The summed E-state index contributed by atoms with van der Waals surface area (Å²) in [5.74, 6) is 0. The second-order valence-corrected chi connectivity index (χ2v) is 4.08. The fourth-order valence-electron chi connectivity index (χ4n) is 1.69. The number of hydrogen-bond donors (Lipinski definition) is 2. The minimum atomic E-state index is -0.467. The zero-order valence-corrected chi connectivity index (χ0v) is 8.79. The van der Waals surface area contributed by atoms with Crippen LogP contribution in [0.4, 0.5) is 4.79 Å². The highest BCUT2D eigenvalue weighted by atomic mass is 16.3. The SMILES string of the molecule is C=CCNC(=O)N1CCC(O)C1(C)C. The molecule has 0 aromatic rings. The molecule has 4 heteroatoms. The number of rotatable bonds is 2. The Hall–Kier alpha value is -1.03. The first-order chi connectivity index (χ1) is 6.50. The number of carbonyl (C=O) groups is 1. The van der Waals surface area contributed by atoms with Gasteiger partial charge in [-0.3, -0.25) is 0 Å². The summed E-state index contributed by atoms with van der Waals surface area (Å²) in [6, 6.07) is -0.133. The van der Waals surface area contributed by atoms with Crippen LogP contribution in [0.2, 0.25) is 0 Å². The maximum absolute atomic E-state index is 11.6. The minimum absolute atomic E-state index is 0.133. The molecule has 1 atom stereocenters. The van der Waals surface area contributed by atoms with Crippen molar-refractivity contribution < 1.29 is 9.90 Å². The third-order valence-corrected chi connectivity index (χ3v) is 2.78. The second-order valence-electron chi connectivity index (χ2n) is 4.08. The molecule has 1 saturated heterocycles. The molecule has 1 heterocycles. The molecule has 0 aromatic heterocycles. The maximum Gasteiger partial charge on any atom is 0.318 e. The van der Waals surface area contributed by atoms with Gasteiger partial charge in [0.25, 0.3) is 0 Å². The number of hydrogen-bond acceptors (Lipinski definition) is 2. The van der Waals surface area contributed by atoms with E-state index in [-0.39, 0.29) is 6.03 Å². The second kappa shape index (κ2) is 4.00. The van der Waals surface area contributed by atoms with Crippen LogP contribution in [0, 0.1) is 0 Å². The van der Waals surface area contributed by atoms with Crippen molar-refractivity contribution in [3.05, 3.63) is 12.7 Å². The molecule has 1 fully saturated rings. The summed E-state index contributed by atoms with van der Waals surface area (Å²) in [6.07, 6.45) is 1.85. The number of aliphatic hydroxyl groups is 1. The number of nitrogens with zero attached hydrogens (tertiary/aromatic N) is 1. The van der Waals surface area contributed by atoms with Crippen molar-refractivity contribution in [2.24, 2.45) is 0 Å². The Morgan fingerprint density at radius 3 is 2.86 bits per heavy atom. The molecule has 2 amide bonds. The first-order valence-corrected chi connectivity index (χ1v) is 4.84. The molecule has 14 heavy (non-hydrogen) atoms. The summed E-state index contributed by atoms with van der Waals surface area (Å²) in [7, 11) is 0. The largest absolute Gasteiger partial charge is 0.391 e. The van der Waals surface area contributed by atoms with E-state index in [4.69, 9.17) is 0 Å². The van der Waals surface area contributed by atoms with Crippen LogP contribution in [-0.4, -0.2) is 40.8 Å². The molecule has 0 radical (unpaired) electrons. The lowest BCUT2D eigenvalue weighted by atomic mass is 9.99. The van der Waals surface area contributed by atoms with Crippen LogP contribution >= 0.6 is 0 Å². The van der Waals surface area contributed by atoms with Gasteiger partial charge in [-0.2, -0.15) is 0 Å². The van der Waals surface area contributed by atoms with Gasteiger partial charge in [0, 0.05) is 13.1 Å². The molecular weight excluding hydrogens is 180 g/mol. The van der Waals surface area contributed by atoms with Gasteiger partial charge in [0.05, 0.1) is 11.6 Å². The average Bonchev–Trinajstić information content (AvgIpc) is 2.38. The Labute approximate surface area is 84.6 Å². The summed E-state index contributed by atoms with van der Waals surface area (Å²) in [6.45, 7) is 8.34. The van der Waals surface area contributed by atoms with Gasteiger partial charge >= 0.3 is 6.03 Å². The number of aliphatic hydroxyl groups excluding tert-OH is 1. The van der Waals surface area contributed by atoms with E-state index in [1.165, 1.54) is 0 Å². The number of likely N-dealkylation sites (tertiary alicyclic amines) is 1. The summed E-state index contributed by atoms with van der Waals surface area (Å²) in [4.78, 5) is 13.3. The van der Waals surface area contributed by atoms with E-state index in [0.717, 1.165) is 0 Å². The molecule has 0 bridgehead atoms. The van der Waals surface area contributed by atoms with Crippen LogP contribution in [-0.2, 0) is 0 Å². The Morgan fingerprint density at radius 2 is 2.43 bits per heavy atom. The van der Waals surface area contributed by atoms with Gasteiger partial charge in [-0.15, -0.1) is 6.58 Å². The standard InChI is InChI=1S/C10H18N2O2/c1-4-6-11-9(14)12-7-5-8(13)10(12,2)3/h4,8,13H,1,5-7H2,2-3H3,(H,11,14). The first kappa shape index (κ1) is 11.0.